The van der Waals surface area contributed by atoms with E-state index in [1.165, 1.54) is 0 Å². The Morgan fingerprint density at radius 3 is 2.76 bits per heavy atom. The van der Waals surface area contributed by atoms with Crippen molar-refractivity contribution in [2.24, 2.45) is 0 Å². The fraction of sp³-hybridized carbons (Fsp3) is 0.250. The first-order valence-electron chi connectivity index (χ1n) is 6.94. The molecule has 5 heteroatoms. The molecule has 0 unspecified atom stereocenters. The molecule has 0 radical (unpaired) electrons. The van der Waals surface area contributed by atoms with Gasteiger partial charge in [-0.1, -0.05) is 12.1 Å². The summed E-state index contributed by atoms with van der Waals surface area (Å²) >= 11 is 0. The summed E-state index contributed by atoms with van der Waals surface area (Å²) < 4.78 is 0. The third kappa shape index (κ3) is 4.49. The summed E-state index contributed by atoms with van der Waals surface area (Å²) in [6, 6.07) is 8.86. The lowest BCUT2D eigenvalue weighted by atomic mass is 10.0. The van der Waals surface area contributed by atoms with Crippen LogP contribution in [0.1, 0.15) is 18.1 Å². The maximum absolute atomic E-state index is 11.5. The Bertz CT molecular complexity index is 600. The Balaban J connectivity index is 2.02. The number of hydrogen-bond acceptors (Lipinski definition) is 3. The van der Waals surface area contributed by atoms with E-state index in [0.29, 0.717) is 12.2 Å². The van der Waals surface area contributed by atoms with E-state index in [-0.39, 0.29) is 11.8 Å². The van der Waals surface area contributed by atoms with Gasteiger partial charge in [0.1, 0.15) is 5.75 Å². The molecule has 0 spiro atoms. The van der Waals surface area contributed by atoms with Crippen LogP contribution in [-0.4, -0.2) is 22.7 Å². The molecule has 2 rings (SSSR count). The van der Waals surface area contributed by atoms with Crippen molar-refractivity contribution in [3.05, 3.63) is 53.9 Å². The van der Waals surface area contributed by atoms with Crippen LogP contribution < -0.4 is 10.6 Å². The molecule has 2 amide bonds. The van der Waals surface area contributed by atoms with Crippen LogP contribution in [0.2, 0.25) is 0 Å². The minimum Gasteiger partial charge on any atom is -0.506 e. The van der Waals surface area contributed by atoms with Gasteiger partial charge in [-0.3, -0.25) is 4.98 Å². The highest BCUT2D eigenvalue weighted by Gasteiger charge is 2.06. The van der Waals surface area contributed by atoms with Gasteiger partial charge in [0.25, 0.3) is 0 Å². The summed E-state index contributed by atoms with van der Waals surface area (Å²) in [5, 5.41) is 15.1. The van der Waals surface area contributed by atoms with Crippen LogP contribution in [0.25, 0.3) is 0 Å². The number of aryl methyl sites for hydroxylation is 2. The monoisotopic (exact) mass is 285 g/mol. The number of urea groups is 1. The SMILES string of the molecule is CCNC(=O)Nc1cc(CCc2cccnc2)ccc1O. The van der Waals surface area contributed by atoms with Crippen LogP contribution in [0.5, 0.6) is 5.75 Å². The van der Waals surface area contributed by atoms with E-state index in [2.05, 4.69) is 15.6 Å². The van der Waals surface area contributed by atoms with Crippen molar-refractivity contribution in [3.8, 4) is 5.75 Å². The van der Waals surface area contributed by atoms with Crippen LogP contribution in [0.3, 0.4) is 0 Å². The Hall–Kier alpha value is -2.56. The minimum atomic E-state index is -0.322. The fourth-order valence-corrected chi connectivity index (χ4v) is 2.00. The summed E-state index contributed by atoms with van der Waals surface area (Å²) in [7, 11) is 0. The molecule has 0 saturated carbocycles. The summed E-state index contributed by atoms with van der Waals surface area (Å²) in [4.78, 5) is 15.6. The highest BCUT2D eigenvalue weighted by Crippen LogP contribution is 2.24. The summed E-state index contributed by atoms with van der Waals surface area (Å²) in [5.41, 5.74) is 2.62. The van der Waals surface area contributed by atoms with Gasteiger partial charge in [0.2, 0.25) is 0 Å². The second-order valence-electron chi connectivity index (χ2n) is 4.70. The van der Waals surface area contributed by atoms with Crippen molar-refractivity contribution >= 4 is 11.7 Å². The number of nitrogens with one attached hydrogen (secondary N) is 2. The van der Waals surface area contributed by atoms with Crippen LogP contribution in [0, 0.1) is 0 Å². The molecule has 21 heavy (non-hydrogen) atoms. The van der Waals surface area contributed by atoms with Gasteiger partial charge in [0.05, 0.1) is 5.69 Å². The predicted octanol–water partition coefficient (Wildman–Crippen LogP) is 2.71. The standard InChI is InChI=1S/C16H19N3O2/c1-2-18-16(21)19-14-10-12(7-8-15(14)20)5-6-13-4-3-9-17-11-13/h3-4,7-11,20H,2,5-6H2,1H3,(H2,18,19,21). The maximum Gasteiger partial charge on any atom is 0.319 e. The van der Waals surface area contributed by atoms with E-state index in [4.69, 9.17) is 0 Å². The van der Waals surface area contributed by atoms with Crippen molar-refractivity contribution in [2.45, 2.75) is 19.8 Å². The second kappa shape index (κ2) is 7.28. The third-order valence-electron chi connectivity index (χ3n) is 3.07. The normalized spacial score (nSPS) is 10.1. The molecular weight excluding hydrogens is 266 g/mol. The summed E-state index contributed by atoms with van der Waals surface area (Å²) in [6.07, 6.45) is 5.27. The second-order valence-corrected chi connectivity index (χ2v) is 4.70. The highest BCUT2D eigenvalue weighted by atomic mass is 16.3. The van der Waals surface area contributed by atoms with Crippen molar-refractivity contribution in [1.29, 1.82) is 0 Å². The lowest BCUT2D eigenvalue weighted by Gasteiger charge is -2.10. The first-order chi connectivity index (χ1) is 10.2. The number of phenolic OH excluding ortho intramolecular Hbond substituents is 1. The highest BCUT2D eigenvalue weighted by molar-refractivity contribution is 5.90. The van der Waals surface area contributed by atoms with Gasteiger partial charge in [0.15, 0.2) is 0 Å². The van der Waals surface area contributed by atoms with Gasteiger partial charge < -0.3 is 15.7 Å². The van der Waals surface area contributed by atoms with E-state index in [1.54, 1.807) is 18.3 Å². The number of carbonyl (C=O) groups excluding carboxylic acids is 1. The third-order valence-corrected chi connectivity index (χ3v) is 3.07. The zero-order valence-electron chi connectivity index (χ0n) is 12.0. The van der Waals surface area contributed by atoms with E-state index in [1.807, 2.05) is 31.3 Å². The molecule has 0 aliphatic heterocycles. The Morgan fingerprint density at radius 2 is 2.05 bits per heavy atom. The topological polar surface area (TPSA) is 74.2 Å². The number of hydrogen-bond donors (Lipinski definition) is 3. The van der Waals surface area contributed by atoms with Crippen LogP contribution >= 0.6 is 0 Å². The number of amides is 2. The number of benzene rings is 1. The average molecular weight is 285 g/mol. The number of anilines is 1. The molecular formula is C16H19N3O2. The number of nitrogens with zero attached hydrogens (tertiary/aromatic N) is 1. The van der Waals surface area contributed by atoms with Crippen molar-refractivity contribution in [1.82, 2.24) is 10.3 Å². The number of aromatic nitrogens is 1. The van der Waals surface area contributed by atoms with Gasteiger partial charge in [-0.2, -0.15) is 0 Å². The number of pyridine rings is 1. The first-order valence-corrected chi connectivity index (χ1v) is 6.94. The predicted molar refractivity (Wildman–Crippen MR) is 82.4 cm³/mol. The Labute approximate surface area is 124 Å². The number of carbonyl (C=O) groups is 1. The Kier molecular flexibility index (Phi) is 5.15. The zero-order chi connectivity index (χ0) is 15.1. The van der Waals surface area contributed by atoms with E-state index < -0.39 is 0 Å². The lowest BCUT2D eigenvalue weighted by Crippen LogP contribution is -2.28. The van der Waals surface area contributed by atoms with Crippen LogP contribution in [-0.2, 0) is 12.8 Å². The summed E-state index contributed by atoms with van der Waals surface area (Å²) in [6.45, 7) is 2.37. The van der Waals surface area contributed by atoms with Gasteiger partial charge in [-0.15, -0.1) is 0 Å². The molecule has 1 aromatic heterocycles. The van der Waals surface area contributed by atoms with Crippen molar-refractivity contribution in [3.63, 3.8) is 0 Å². The molecule has 0 bridgehead atoms. The average Bonchev–Trinajstić information content (AvgIpc) is 2.49. The molecule has 2 aromatic rings. The lowest BCUT2D eigenvalue weighted by molar-refractivity contribution is 0.252. The van der Waals surface area contributed by atoms with Gasteiger partial charge in [-0.25, -0.2) is 4.79 Å². The van der Waals surface area contributed by atoms with Crippen LogP contribution in [0.4, 0.5) is 10.5 Å². The number of phenols is 1. The van der Waals surface area contributed by atoms with Crippen molar-refractivity contribution < 1.29 is 9.90 Å². The smallest absolute Gasteiger partial charge is 0.319 e. The molecule has 3 N–H and O–H groups in total. The van der Waals surface area contributed by atoms with Gasteiger partial charge in [0, 0.05) is 18.9 Å². The molecule has 5 nitrogen and oxygen atoms in total. The molecule has 0 fully saturated rings. The Morgan fingerprint density at radius 1 is 1.24 bits per heavy atom. The molecule has 0 aliphatic carbocycles. The molecule has 1 aromatic carbocycles. The maximum atomic E-state index is 11.5. The molecule has 110 valence electrons. The van der Waals surface area contributed by atoms with Gasteiger partial charge >= 0.3 is 6.03 Å². The largest absolute Gasteiger partial charge is 0.506 e. The fourth-order valence-electron chi connectivity index (χ4n) is 2.00. The quantitative estimate of drug-likeness (QED) is 0.739. The summed E-state index contributed by atoms with van der Waals surface area (Å²) in [5.74, 6) is 0.0615. The van der Waals surface area contributed by atoms with Crippen molar-refractivity contribution in [2.75, 3.05) is 11.9 Å². The van der Waals surface area contributed by atoms with E-state index >= 15 is 0 Å². The minimum absolute atomic E-state index is 0.0615. The van der Waals surface area contributed by atoms with Crippen LogP contribution in [0.15, 0.2) is 42.7 Å². The molecule has 1 heterocycles. The number of aromatic hydroxyl groups is 1. The molecule has 0 aliphatic rings. The molecule has 0 saturated heterocycles. The number of rotatable bonds is 5. The first kappa shape index (κ1) is 14.8. The van der Waals surface area contributed by atoms with E-state index in [9.17, 15) is 9.90 Å². The molecule has 0 atom stereocenters. The zero-order valence-corrected chi connectivity index (χ0v) is 12.0. The van der Waals surface area contributed by atoms with Gasteiger partial charge in [-0.05, 0) is 49.1 Å². The van der Waals surface area contributed by atoms with E-state index in [0.717, 1.165) is 24.0 Å².